The predicted molar refractivity (Wildman–Crippen MR) is 247 cm³/mol. The summed E-state index contributed by atoms with van der Waals surface area (Å²) >= 11 is 0. The van der Waals surface area contributed by atoms with Crippen molar-refractivity contribution in [3.8, 4) is 28.0 Å². The van der Waals surface area contributed by atoms with Crippen molar-refractivity contribution >= 4 is 77.0 Å². The van der Waals surface area contributed by atoms with E-state index >= 15 is 0 Å². The van der Waals surface area contributed by atoms with E-state index in [0.717, 1.165) is 38.2 Å². The van der Waals surface area contributed by atoms with E-state index in [0.29, 0.717) is 39.5 Å². The first-order chi connectivity index (χ1) is 30.6. The Morgan fingerprint density at radius 3 is 1.51 bits per heavy atom. The van der Waals surface area contributed by atoms with Gasteiger partial charge < -0.3 is 18.4 Å². The molecule has 0 saturated carbocycles. The monoisotopic (exact) mass is 852 g/mol. The molecule has 0 unspecified atom stereocenters. The Labute approximate surface area is 361 Å². The van der Waals surface area contributed by atoms with E-state index in [1.807, 2.05) is 140 Å². The van der Waals surface area contributed by atoms with Crippen LogP contribution in [-0.4, -0.2) is 13.9 Å². The molecule has 0 N–H and O–H groups in total. The van der Waals surface area contributed by atoms with Gasteiger partial charge in [0.2, 0.25) is 0 Å². The minimum atomic E-state index is -6.26. The molecule has 0 spiro atoms. The average molecular weight is 853 g/mol. The van der Waals surface area contributed by atoms with Gasteiger partial charge in [-0.15, -0.1) is 0 Å². The fraction of sp³-hybridized carbons (Fsp3) is 0.0189. The SMILES string of the molecule is O=S(=O)(Oc1c(N(c2ccccc2)c2ccccc2)cc(-c2cccc3ccccc23)cc1N(c1ccccc1)c1ccc2oc3ccc(-c4ccccc4)cc3c2c1)C(F)(F)F. The first kappa shape index (κ1) is 39.3. The molecule has 0 aliphatic carbocycles. The number of halogens is 3. The second-order valence-corrected chi connectivity index (χ2v) is 16.4. The molecule has 0 radical (unpaired) electrons. The number of benzene rings is 9. The molecule has 10 rings (SSSR count). The second kappa shape index (κ2) is 15.9. The Hall–Kier alpha value is -7.82. The van der Waals surface area contributed by atoms with Crippen LogP contribution in [0, 0.1) is 0 Å². The van der Waals surface area contributed by atoms with Crippen molar-refractivity contribution in [2.45, 2.75) is 5.51 Å². The van der Waals surface area contributed by atoms with Crippen LogP contribution in [0.2, 0.25) is 0 Å². The highest BCUT2D eigenvalue weighted by Crippen LogP contribution is 2.53. The van der Waals surface area contributed by atoms with Crippen LogP contribution in [0.4, 0.5) is 47.3 Å². The van der Waals surface area contributed by atoms with Crippen molar-refractivity contribution in [2.24, 2.45) is 0 Å². The second-order valence-electron chi connectivity index (χ2n) is 14.9. The summed E-state index contributed by atoms with van der Waals surface area (Å²) < 4.78 is 82.9. The molecule has 0 aliphatic heterocycles. The Kier molecular flexibility index (Phi) is 9.92. The third-order valence-electron chi connectivity index (χ3n) is 11.0. The Morgan fingerprint density at radius 1 is 0.429 bits per heavy atom. The van der Waals surface area contributed by atoms with Crippen molar-refractivity contribution in [1.82, 2.24) is 0 Å². The summed E-state index contributed by atoms with van der Waals surface area (Å²) in [4.78, 5) is 3.44. The van der Waals surface area contributed by atoms with Gasteiger partial charge in [-0.3, -0.25) is 0 Å². The van der Waals surface area contributed by atoms with E-state index in [2.05, 4.69) is 6.07 Å². The molecule has 10 heteroatoms. The summed E-state index contributed by atoms with van der Waals surface area (Å²) in [5.41, 5.74) is 1.02. The number of alkyl halides is 3. The highest BCUT2D eigenvalue weighted by Gasteiger charge is 2.49. The van der Waals surface area contributed by atoms with E-state index in [-0.39, 0.29) is 11.4 Å². The van der Waals surface area contributed by atoms with E-state index in [9.17, 15) is 21.6 Å². The molecule has 0 atom stereocenters. The summed E-state index contributed by atoms with van der Waals surface area (Å²) in [6.07, 6.45) is 0. The van der Waals surface area contributed by atoms with Crippen LogP contribution in [0.15, 0.2) is 217 Å². The zero-order valence-electron chi connectivity index (χ0n) is 33.3. The standard InChI is InChI=1S/C53H35F3N2O4S/c54-53(55,56)63(59,60)62-52-48(57(40-20-7-2-8-21-40)41-22-9-3-10-23-41)33-39(45-27-15-19-37-18-13-14-26-44(37)45)34-49(52)58(42-24-11-4-12-25-42)43-29-31-51-47(35-43)46-32-38(28-30-50(46)61-51)36-16-5-1-6-17-36/h1-35H. The first-order valence-corrected chi connectivity index (χ1v) is 21.5. The number of furan rings is 1. The van der Waals surface area contributed by atoms with Crippen LogP contribution in [0.25, 0.3) is 55.0 Å². The van der Waals surface area contributed by atoms with Gasteiger partial charge >= 0.3 is 15.6 Å². The van der Waals surface area contributed by atoms with Crippen LogP contribution in [0.3, 0.4) is 0 Å². The number of rotatable bonds is 10. The fourth-order valence-corrected chi connectivity index (χ4v) is 8.59. The van der Waals surface area contributed by atoms with Gasteiger partial charge in [-0.25, -0.2) is 0 Å². The first-order valence-electron chi connectivity index (χ1n) is 20.1. The minimum Gasteiger partial charge on any atom is -0.456 e. The highest BCUT2D eigenvalue weighted by atomic mass is 32.2. The number of anilines is 6. The maximum Gasteiger partial charge on any atom is 0.534 e. The van der Waals surface area contributed by atoms with Gasteiger partial charge in [-0.2, -0.15) is 21.6 Å². The average Bonchev–Trinajstić information content (AvgIpc) is 3.68. The number of hydrogen-bond donors (Lipinski definition) is 0. The normalized spacial score (nSPS) is 11.9. The van der Waals surface area contributed by atoms with E-state index in [4.69, 9.17) is 8.60 Å². The molecule has 308 valence electrons. The van der Waals surface area contributed by atoms with Crippen LogP contribution in [0.1, 0.15) is 0 Å². The van der Waals surface area contributed by atoms with Gasteiger partial charge in [0.1, 0.15) is 11.2 Å². The molecule has 1 heterocycles. The van der Waals surface area contributed by atoms with Crippen molar-refractivity contribution < 1.29 is 30.2 Å². The van der Waals surface area contributed by atoms with Crippen LogP contribution in [0.5, 0.6) is 5.75 Å². The molecular formula is C53H35F3N2O4S. The largest absolute Gasteiger partial charge is 0.534 e. The Morgan fingerprint density at radius 2 is 0.921 bits per heavy atom. The van der Waals surface area contributed by atoms with E-state index in [1.165, 1.54) is 0 Å². The summed E-state index contributed by atoms with van der Waals surface area (Å²) in [5.74, 6) is -0.545. The molecule has 1 aromatic heterocycles. The molecule has 0 aliphatic rings. The quantitative estimate of drug-likeness (QED) is 0.101. The molecule has 0 amide bonds. The third-order valence-corrected chi connectivity index (χ3v) is 11.9. The maximum absolute atomic E-state index is 14.7. The van der Waals surface area contributed by atoms with E-state index in [1.54, 1.807) is 76.5 Å². The van der Waals surface area contributed by atoms with Crippen LogP contribution in [-0.2, 0) is 10.1 Å². The number of nitrogens with zero attached hydrogens (tertiary/aromatic N) is 2. The summed E-state index contributed by atoms with van der Waals surface area (Å²) in [6, 6.07) is 65.6. The molecule has 6 nitrogen and oxygen atoms in total. The summed E-state index contributed by atoms with van der Waals surface area (Å²) in [5, 5.41) is 3.38. The molecule has 63 heavy (non-hydrogen) atoms. The topological polar surface area (TPSA) is 63.0 Å². The lowest BCUT2D eigenvalue weighted by Gasteiger charge is -2.33. The molecule has 0 fully saturated rings. The van der Waals surface area contributed by atoms with Gasteiger partial charge in [0, 0.05) is 33.5 Å². The molecule has 0 saturated heterocycles. The zero-order chi connectivity index (χ0) is 43.1. The summed E-state index contributed by atoms with van der Waals surface area (Å²) in [7, 11) is -6.26. The van der Waals surface area contributed by atoms with Crippen molar-refractivity contribution in [3.63, 3.8) is 0 Å². The Balaban J connectivity index is 1.32. The zero-order valence-corrected chi connectivity index (χ0v) is 34.1. The van der Waals surface area contributed by atoms with Crippen LogP contribution >= 0.6 is 0 Å². The van der Waals surface area contributed by atoms with Gasteiger partial charge in [0.05, 0.1) is 11.4 Å². The van der Waals surface area contributed by atoms with Gasteiger partial charge in [0.25, 0.3) is 0 Å². The lowest BCUT2D eigenvalue weighted by molar-refractivity contribution is -0.0499. The smallest absolute Gasteiger partial charge is 0.456 e. The van der Waals surface area contributed by atoms with Gasteiger partial charge in [-0.1, -0.05) is 133 Å². The molecular weight excluding hydrogens is 818 g/mol. The maximum atomic E-state index is 14.7. The highest BCUT2D eigenvalue weighted by molar-refractivity contribution is 7.88. The van der Waals surface area contributed by atoms with Crippen molar-refractivity contribution in [1.29, 1.82) is 0 Å². The number of para-hydroxylation sites is 3. The lowest BCUT2D eigenvalue weighted by atomic mass is 9.96. The van der Waals surface area contributed by atoms with Crippen molar-refractivity contribution in [2.75, 3.05) is 9.80 Å². The van der Waals surface area contributed by atoms with Crippen molar-refractivity contribution in [3.05, 3.63) is 212 Å². The predicted octanol–water partition coefficient (Wildman–Crippen LogP) is 15.2. The third kappa shape index (κ3) is 7.40. The van der Waals surface area contributed by atoms with Crippen LogP contribution < -0.4 is 14.0 Å². The molecule has 0 bridgehead atoms. The molecule has 9 aromatic carbocycles. The van der Waals surface area contributed by atoms with Gasteiger partial charge in [-0.05, 0) is 112 Å². The van der Waals surface area contributed by atoms with E-state index < -0.39 is 21.4 Å². The number of hydrogen-bond acceptors (Lipinski definition) is 6. The van der Waals surface area contributed by atoms with Gasteiger partial charge in [0.15, 0.2) is 5.75 Å². The molecule has 10 aromatic rings. The Bertz CT molecular complexity index is 3340. The number of fused-ring (bicyclic) bond motifs is 4. The summed E-state index contributed by atoms with van der Waals surface area (Å²) in [6.45, 7) is 0. The minimum absolute atomic E-state index is 0.0310. The lowest BCUT2D eigenvalue weighted by Crippen LogP contribution is -2.29. The fourth-order valence-electron chi connectivity index (χ4n) is 8.11.